The second kappa shape index (κ2) is 17.0. The van der Waals surface area contributed by atoms with Crippen molar-refractivity contribution in [3.8, 4) is 27.8 Å². The normalized spacial score (nSPS) is 12.9. The predicted octanol–water partition coefficient (Wildman–Crippen LogP) is 12.7. The molecule has 10 nitrogen and oxygen atoms in total. The van der Waals surface area contributed by atoms with Gasteiger partial charge in [-0.2, -0.15) is 5.26 Å². The molecule has 0 radical (unpaired) electrons. The van der Waals surface area contributed by atoms with Gasteiger partial charge in [0.05, 0.1) is 61.2 Å². The maximum atomic E-state index is 14.2. The van der Waals surface area contributed by atoms with E-state index in [1.54, 1.807) is 36.4 Å². The van der Waals surface area contributed by atoms with Crippen LogP contribution in [0, 0.1) is 31.8 Å². The van der Waals surface area contributed by atoms with Crippen LogP contribution in [0.3, 0.4) is 0 Å². The number of aliphatic imine (C=N–C) groups is 1. The van der Waals surface area contributed by atoms with Crippen LogP contribution in [0.5, 0.6) is 0 Å². The monoisotopic (exact) mass is 878 g/mol. The summed E-state index contributed by atoms with van der Waals surface area (Å²) in [7, 11) is 0. The SMILES string of the molecule is [C-]#[N+]c1ccc2sc(-c3c(NC(=O)c4ccccc4C)[nH]c(C=C4N=C(NC(=O)c5ccccc5C)C(c5nc6cc(C#N)ccc6s5)=C4c4ccccc4)c3-c3ccccc3)nc2c1. The molecule has 0 unspecified atom stereocenters. The minimum absolute atomic E-state index is 0.302. The van der Waals surface area contributed by atoms with Crippen LogP contribution in [0.15, 0.2) is 156 Å². The van der Waals surface area contributed by atoms with Crippen LogP contribution in [-0.2, 0) is 0 Å². The first-order chi connectivity index (χ1) is 31.8. The Hall–Kier alpha value is -8.55. The van der Waals surface area contributed by atoms with E-state index in [1.165, 1.54) is 22.7 Å². The highest BCUT2D eigenvalue weighted by Gasteiger charge is 2.32. The van der Waals surface area contributed by atoms with Gasteiger partial charge >= 0.3 is 0 Å². The number of nitriles is 1. The van der Waals surface area contributed by atoms with Crippen molar-refractivity contribution in [2.75, 3.05) is 5.32 Å². The van der Waals surface area contributed by atoms with Crippen molar-refractivity contribution in [2.45, 2.75) is 13.8 Å². The molecule has 6 aromatic carbocycles. The van der Waals surface area contributed by atoms with E-state index in [4.69, 9.17) is 21.5 Å². The molecule has 1 aliphatic heterocycles. The summed E-state index contributed by atoms with van der Waals surface area (Å²) in [6, 6.07) is 47.6. The molecule has 65 heavy (non-hydrogen) atoms. The molecule has 0 aliphatic carbocycles. The summed E-state index contributed by atoms with van der Waals surface area (Å²) in [5.41, 5.74) is 10.5. The van der Waals surface area contributed by atoms with Crippen molar-refractivity contribution < 1.29 is 9.59 Å². The number of fused-ring (bicyclic) bond motifs is 2. The van der Waals surface area contributed by atoms with Gasteiger partial charge in [-0.15, -0.1) is 22.7 Å². The molecule has 0 spiro atoms. The van der Waals surface area contributed by atoms with Crippen LogP contribution in [0.25, 0.3) is 64.2 Å². The van der Waals surface area contributed by atoms with E-state index in [2.05, 4.69) is 26.5 Å². The van der Waals surface area contributed by atoms with Crippen LogP contribution in [0.1, 0.15) is 53.7 Å². The summed E-state index contributed by atoms with van der Waals surface area (Å²) in [4.78, 5) is 51.1. The average molecular weight is 879 g/mol. The molecule has 0 atom stereocenters. The Labute approximate surface area is 381 Å². The summed E-state index contributed by atoms with van der Waals surface area (Å²) in [6.07, 6.45) is 1.94. The summed E-state index contributed by atoms with van der Waals surface area (Å²) in [5, 5.41) is 17.3. The second-order valence-electron chi connectivity index (χ2n) is 15.3. The number of nitrogens with zero attached hydrogens (tertiary/aromatic N) is 5. The third-order valence-electron chi connectivity index (χ3n) is 11.1. The van der Waals surface area contributed by atoms with E-state index in [0.717, 1.165) is 42.8 Å². The van der Waals surface area contributed by atoms with Gasteiger partial charge in [0.15, 0.2) is 5.69 Å². The van der Waals surface area contributed by atoms with E-state index in [-0.39, 0.29) is 11.8 Å². The lowest BCUT2D eigenvalue weighted by Crippen LogP contribution is -2.31. The Morgan fingerprint density at radius 1 is 0.677 bits per heavy atom. The van der Waals surface area contributed by atoms with E-state index >= 15 is 0 Å². The van der Waals surface area contributed by atoms with E-state index in [9.17, 15) is 14.9 Å². The van der Waals surface area contributed by atoms with Crippen LogP contribution < -0.4 is 10.6 Å². The number of benzene rings is 6. The smallest absolute Gasteiger partial charge is 0.257 e. The summed E-state index contributed by atoms with van der Waals surface area (Å²) < 4.78 is 1.75. The molecule has 10 rings (SSSR count). The summed E-state index contributed by atoms with van der Waals surface area (Å²) in [6.45, 7) is 11.4. The number of amides is 2. The first-order valence-electron chi connectivity index (χ1n) is 20.5. The zero-order valence-corrected chi connectivity index (χ0v) is 36.4. The lowest BCUT2D eigenvalue weighted by atomic mass is 9.96. The molecule has 0 saturated heterocycles. The fraction of sp³-hybridized carbons (Fsp3) is 0.0377. The molecule has 12 heteroatoms. The molecule has 0 bridgehead atoms. The third kappa shape index (κ3) is 7.70. The number of nitrogens with one attached hydrogen (secondary N) is 3. The standard InChI is InChI=1S/C53H34N8O2S2/c1-30-14-10-12-20-36(30)50(62)60-48-46(52-58-38-26-32(29-54)22-24-42(38)64-52)44(33-16-6-4-7-17-33)40(56-48)28-41-45(34-18-8-5-9-19-34)47(53-59-39-27-35(55-3)23-25-43(39)65-53)49(57-41)61-51(63)37-21-13-11-15-31(37)2/h4-28,57H,1-2H3,(H,61,63)(H,56,60,62). The highest BCUT2D eigenvalue weighted by atomic mass is 32.1. The van der Waals surface area contributed by atoms with Crippen molar-refractivity contribution >= 4 is 89.5 Å². The fourth-order valence-electron chi connectivity index (χ4n) is 7.96. The van der Waals surface area contributed by atoms with Gasteiger partial charge in [-0.25, -0.2) is 19.8 Å². The van der Waals surface area contributed by atoms with E-state index < -0.39 is 0 Å². The largest absolute Gasteiger partial charge is 0.341 e. The van der Waals surface area contributed by atoms with Gasteiger partial charge in [-0.1, -0.05) is 109 Å². The zero-order chi connectivity index (χ0) is 44.6. The number of allylic oxidation sites excluding steroid dienone is 1. The number of H-pyrrole nitrogens is 1. The topological polar surface area (TPSA) is 140 Å². The first kappa shape index (κ1) is 40.5. The number of carbonyl (C=O) groups excluding carboxylic acids is 2. The molecule has 3 aromatic heterocycles. The Kier molecular flexibility index (Phi) is 10.6. The predicted molar refractivity (Wildman–Crippen MR) is 262 cm³/mol. The average Bonchev–Trinajstić information content (AvgIpc) is 4.12. The van der Waals surface area contributed by atoms with Crippen LogP contribution in [-0.4, -0.2) is 32.6 Å². The lowest BCUT2D eigenvalue weighted by Gasteiger charge is -2.11. The Balaban J connectivity index is 1.24. The Morgan fingerprint density at radius 2 is 1.26 bits per heavy atom. The number of thiazole rings is 2. The highest BCUT2D eigenvalue weighted by molar-refractivity contribution is 7.21. The van der Waals surface area contributed by atoms with E-state index in [1.807, 2.05) is 129 Å². The number of amidine groups is 1. The number of aromatic nitrogens is 3. The number of anilines is 1. The minimum atomic E-state index is -0.327. The molecule has 0 saturated carbocycles. The van der Waals surface area contributed by atoms with Gasteiger partial charge in [0, 0.05) is 22.3 Å². The van der Waals surface area contributed by atoms with Crippen LogP contribution in [0.2, 0.25) is 0 Å². The van der Waals surface area contributed by atoms with Gasteiger partial charge in [0.2, 0.25) is 0 Å². The first-order valence-corrected chi connectivity index (χ1v) is 22.1. The van der Waals surface area contributed by atoms with Crippen LogP contribution in [0.4, 0.5) is 11.5 Å². The van der Waals surface area contributed by atoms with Crippen molar-refractivity contribution in [3.05, 3.63) is 207 Å². The Morgan fingerprint density at radius 3 is 1.92 bits per heavy atom. The summed E-state index contributed by atoms with van der Waals surface area (Å²) in [5.74, 6) is 0.106. The van der Waals surface area contributed by atoms with Gasteiger partial charge in [-0.3, -0.25) is 9.59 Å². The van der Waals surface area contributed by atoms with Crippen molar-refractivity contribution in [2.24, 2.45) is 4.99 Å². The van der Waals surface area contributed by atoms with Crippen LogP contribution >= 0.6 is 22.7 Å². The van der Waals surface area contributed by atoms with Crippen molar-refractivity contribution in [1.82, 2.24) is 20.3 Å². The number of hydrogen-bond donors (Lipinski definition) is 3. The number of aryl methyl sites for hydroxylation is 2. The van der Waals surface area contributed by atoms with Gasteiger partial charge < -0.3 is 15.6 Å². The molecular weight excluding hydrogens is 845 g/mol. The molecule has 0 fully saturated rings. The number of carbonyl (C=O) groups is 2. The molecule has 2 amide bonds. The number of aromatic amines is 1. The minimum Gasteiger partial charge on any atom is -0.341 e. The molecule has 4 heterocycles. The Bertz CT molecular complexity index is 3580. The second-order valence-corrected chi connectivity index (χ2v) is 17.3. The summed E-state index contributed by atoms with van der Waals surface area (Å²) >= 11 is 2.91. The molecular formula is C53H34N8O2S2. The van der Waals surface area contributed by atoms with Gasteiger partial charge in [0.1, 0.15) is 21.7 Å². The van der Waals surface area contributed by atoms with Gasteiger partial charge in [-0.05, 0) is 78.6 Å². The maximum Gasteiger partial charge on any atom is 0.257 e. The molecule has 9 aromatic rings. The zero-order valence-electron chi connectivity index (χ0n) is 34.8. The maximum absolute atomic E-state index is 14.2. The number of hydrogen-bond acceptors (Lipinski definition) is 8. The van der Waals surface area contributed by atoms with Crippen molar-refractivity contribution in [1.29, 1.82) is 5.26 Å². The number of rotatable bonds is 8. The lowest BCUT2D eigenvalue weighted by molar-refractivity contribution is 0.0975. The van der Waals surface area contributed by atoms with E-state index in [0.29, 0.717) is 77.6 Å². The quantitative estimate of drug-likeness (QED) is 0.130. The van der Waals surface area contributed by atoms with Gasteiger partial charge in [0.25, 0.3) is 11.8 Å². The molecule has 1 aliphatic rings. The molecule has 310 valence electrons. The highest BCUT2D eigenvalue weighted by Crippen LogP contribution is 2.47. The molecule has 3 N–H and O–H groups in total. The third-order valence-corrected chi connectivity index (χ3v) is 13.2. The fourth-order valence-corrected chi connectivity index (χ4v) is 9.96. The van der Waals surface area contributed by atoms with Crippen molar-refractivity contribution in [3.63, 3.8) is 0 Å².